The number of carboxylic acids is 1. The summed E-state index contributed by atoms with van der Waals surface area (Å²) in [7, 11) is 3.78. The molecular formula is C15H20N2O2. The molecule has 0 fully saturated rings. The lowest BCUT2D eigenvalue weighted by molar-refractivity contribution is -0.148. The third-order valence-corrected chi connectivity index (χ3v) is 3.80. The van der Waals surface area contributed by atoms with E-state index in [9.17, 15) is 9.90 Å². The average molecular weight is 260 g/mol. The smallest absolute Gasteiger partial charge is 0.311 e. The number of carboxylic acid groups (broad SMARTS) is 1. The summed E-state index contributed by atoms with van der Waals surface area (Å²) in [6, 6.07) is 7.80. The van der Waals surface area contributed by atoms with Gasteiger partial charge in [-0.1, -0.05) is 18.2 Å². The maximum absolute atomic E-state index is 11.5. The number of aryl methyl sites for hydroxylation is 1. The molecular weight excluding hydrogens is 240 g/mol. The van der Waals surface area contributed by atoms with E-state index in [0.717, 1.165) is 16.5 Å². The van der Waals surface area contributed by atoms with E-state index in [0.29, 0.717) is 0 Å². The Kier molecular flexibility index (Phi) is 3.37. The van der Waals surface area contributed by atoms with Crippen molar-refractivity contribution in [1.29, 1.82) is 0 Å². The second kappa shape index (κ2) is 4.70. The fourth-order valence-electron chi connectivity index (χ4n) is 2.63. The van der Waals surface area contributed by atoms with Gasteiger partial charge in [0.15, 0.2) is 0 Å². The van der Waals surface area contributed by atoms with Crippen LogP contribution in [0.15, 0.2) is 30.5 Å². The van der Waals surface area contributed by atoms with Crippen LogP contribution in [0, 0.1) is 5.41 Å². The molecule has 0 amide bonds. The Morgan fingerprint density at radius 2 is 2.00 bits per heavy atom. The van der Waals surface area contributed by atoms with E-state index in [1.807, 2.05) is 42.1 Å². The minimum atomic E-state index is -0.876. The number of aromatic nitrogens is 1. The molecule has 4 nitrogen and oxygen atoms in total. The standard InChI is InChI=1S/C15H20N2O2/c1-15(2,14(18)19)13(16-3)11-9-17(4)12-8-6-5-7-10(11)12/h5-9,13,16H,1-4H3,(H,18,19). The summed E-state index contributed by atoms with van der Waals surface area (Å²) in [5, 5.41) is 13.7. The highest BCUT2D eigenvalue weighted by molar-refractivity contribution is 5.86. The average Bonchev–Trinajstić information content (AvgIpc) is 2.68. The van der Waals surface area contributed by atoms with Crippen LogP contribution < -0.4 is 5.32 Å². The van der Waals surface area contributed by atoms with E-state index in [1.54, 1.807) is 20.9 Å². The molecule has 1 aromatic carbocycles. The molecule has 1 unspecified atom stereocenters. The number of rotatable bonds is 4. The van der Waals surface area contributed by atoms with E-state index in [1.165, 1.54) is 0 Å². The lowest BCUT2D eigenvalue weighted by Crippen LogP contribution is -2.38. The number of para-hydroxylation sites is 1. The summed E-state index contributed by atoms with van der Waals surface area (Å²) >= 11 is 0. The Balaban J connectivity index is 2.62. The van der Waals surface area contributed by atoms with Crippen LogP contribution in [0.1, 0.15) is 25.5 Å². The second-order valence-electron chi connectivity index (χ2n) is 5.46. The predicted octanol–water partition coefficient (Wildman–Crippen LogP) is 2.55. The van der Waals surface area contributed by atoms with Gasteiger partial charge in [-0.3, -0.25) is 4.79 Å². The van der Waals surface area contributed by atoms with Crippen molar-refractivity contribution in [1.82, 2.24) is 9.88 Å². The topological polar surface area (TPSA) is 54.3 Å². The van der Waals surface area contributed by atoms with Crippen molar-refractivity contribution in [3.63, 3.8) is 0 Å². The fraction of sp³-hybridized carbons (Fsp3) is 0.400. The van der Waals surface area contributed by atoms with Crippen molar-refractivity contribution >= 4 is 16.9 Å². The number of aliphatic carboxylic acids is 1. The molecule has 19 heavy (non-hydrogen) atoms. The van der Waals surface area contributed by atoms with Crippen LogP contribution in [0.4, 0.5) is 0 Å². The largest absolute Gasteiger partial charge is 0.481 e. The lowest BCUT2D eigenvalue weighted by Gasteiger charge is -2.30. The van der Waals surface area contributed by atoms with Crippen molar-refractivity contribution in [2.75, 3.05) is 7.05 Å². The van der Waals surface area contributed by atoms with Gasteiger partial charge in [-0.2, -0.15) is 0 Å². The maximum Gasteiger partial charge on any atom is 0.311 e. The van der Waals surface area contributed by atoms with E-state index in [-0.39, 0.29) is 6.04 Å². The zero-order chi connectivity index (χ0) is 14.2. The van der Waals surface area contributed by atoms with Crippen LogP contribution in [0.2, 0.25) is 0 Å². The van der Waals surface area contributed by atoms with Gasteiger partial charge in [-0.25, -0.2) is 0 Å². The summed E-state index contributed by atoms with van der Waals surface area (Å²) in [5.41, 5.74) is 1.26. The summed E-state index contributed by atoms with van der Waals surface area (Å²) in [6.45, 7) is 3.50. The monoisotopic (exact) mass is 260 g/mol. The van der Waals surface area contributed by atoms with Gasteiger partial charge < -0.3 is 15.0 Å². The van der Waals surface area contributed by atoms with Gasteiger partial charge in [0.25, 0.3) is 0 Å². The Hall–Kier alpha value is -1.81. The SMILES string of the molecule is CNC(c1cn(C)c2ccccc12)C(C)(C)C(=O)O. The van der Waals surface area contributed by atoms with Crippen LogP contribution in [0.5, 0.6) is 0 Å². The highest BCUT2D eigenvalue weighted by Gasteiger charge is 2.38. The Morgan fingerprint density at radius 1 is 1.37 bits per heavy atom. The van der Waals surface area contributed by atoms with E-state index >= 15 is 0 Å². The van der Waals surface area contributed by atoms with Crippen LogP contribution in [-0.2, 0) is 11.8 Å². The zero-order valence-corrected chi connectivity index (χ0v) is 11.8. The summed E-state index contributed by atoms with van der Waals surface area (Å²) in [5.74, 6) is -0.806. The van der Waals surface area contributed by atoms with Gasteiger partial charge >= 0.3 is 5.97 Å². The minimum absolute atomic E-state index is 0.240. The first-order chi connectivity index (χ1) is 8.89. The number of hydrogen-bond acceptors (Lipinski definition) is 2. The molecule has 0 aliphatic heterocycles. The first-order valence-corrected chi connectivity index (χ1v) is 6.34. The first-order valence-electron chi connectivity index (χ1n) is 6.34. The third kappa shape index (κ3) is 2.12. The van der Waals surface area contributed by atoms with Crippen molar-refractivity contribution in [2.24, 2.45) is 12.5 Å². The number of nitrogens with zero attached hydrogens (tertiary/aromatic N) is 1. The molecule has 1 aromatic heterocycles. The lowest BCUT2D eigenvalue weighted by atomic mass is 9.80. The van der Waals surface area contributed by atoms with Gasteiger partial charge in [0.2, 0.25) is 0 Å². The summed E-state index contributed by atoms with van der Waals surface area (Å²) < 4.78 is 2.03. The van der Waals surface area contributed by atoms with Crippen molar-refractivity contribution in [3.05, 3.63) is 36.0 Å². The van der Waals surface area contributed by atoms with Gasteiger partial charge in [-0.15, -0.1) is 0 Å². The molecule has 0 radical (unpaired) electrons. The van der Waals surface area contributed by atoms with Crippen LogP contribution in [-0.4, -0.2) is 22.7 Å². The van der Waals surface area contributed by atoms with Crippen molar-refractivity contribution in [3.8, 4) is 0 Å². The van der Waals surface area contributed by atoms with E-state index in [4.69, 9.17) is 0 Å². The molecule has 2 rings (SSSR count). The number of nitrogens with one attached hydrogen (secondary N) is 1. The van der Waals surface area contributed by atoms with Gasteiger partial charge in [0, 0.05) is 30.2 Å². The molecule has 4 heteroatoms. The molecule has 1 atom stereocenters. The highest BCUT2D eigenvalue weighted by atomic mass is 16.4. The number of benzene rings is 1. The van der Waals surface area contributed by atoms with E-state index < -0.39 is 11.4 Å². The summed E-state index contributed by atoms with van der Waals surface area (Å²) in [4.78, 5) is 11.5. The van der Waals surface area contributed by atoms with Crippen molar-refractivity contribution in [2.45, 2.75) is 19.9 Å². The molecule has 2 aromatic rings. The molecule has 0 saturated heterocycles. The van der Waals surface area contributed by atoms with Gasteiger partial charge in [0.1, 0.15) is 0 Å². The molecule has 0 spiro atoms. The van der Waals surface area contributed by atoms with Crippen molar-refractivity contribution < 1.29 is 9.90 Å². The third-order valence-electron chi connectivity index (χ3n) is 3.80. The fourth-order valence-corrected chi connectivity index (χ4v) is 2.63. The van der Waals surface area contributed by atoms with Gasteiger partial charge in [0.05, 0.1) is 5.41 Å². The molecule has 102 valence electrons. The Labute approximate surface area is 113 Å². The molecule has 0 aliphatic rings. The van der Waals surface area contributed by atoms with Crippen LogP contribution in [0.25, 0.3) is 10.9 Å². The Bertz CT molecular complexity index is 614. The Morgan fingerprint density at radius 3 is 2.58 bits per heavy atom. The predicted molar refractivity (Wildman–Crippen MR) is 76.1 cm³/mol. The number of fused-ring (bicyclic) bond motifs is 1. The quantitative estimate of drug-likeness (QED) is 0.888. The zero-order valence-electron chi connectivity index (χ0n) is 11.8. The van der Waals surface area contributed by atoms with Crippen LogP contribution in [0.3, 0.4) is 0 Å². The van der Waals surface area contributed by atoms with Crippen LogP contribution >= 0.6 is 0 Å². The molecule has 0 bridgehead atoms. The minimum Gasteiger partial charge on any atom is -0.481 e. The first kappa shape index (κ1) is 13.6. The second-order valence-corrected chi connectivity index (χ2v) is 5.46. The highest BCUT2D eigenvalue weighted by Crippen LogP contribution is 2.37. The molecule has 1 heterocycles. The number of carbonyl (C=O) groups is 1. The molecule has 0 saturated carbocycles. The van der Waals surface area contributed by atoms with E-state index in [2.05, 4.69) is 5.32 Å². The molecule has 2 N–H and O–H groups in total. The maximum atomic E-state index is 11.5. The summed E-state index contributed by atoms with van der Waals surface area (Å²) in [6.07, 6.45) is 2.01. The normalized spacial score (nSPS) is 13.7. The molecule has 0 aliphatic carbocycles. The van der Waals surface area contributed by atoms with Gasteiger partial charge in [-0.05, 0) is 32.5 Å². The number of hydrogen-bond donors (Lipinski definition) is 2.